The zero-order valence-corrected chi connectivity index (χ0v) is 24.3. The van der Waals surface area contributed by atoms with E-state index in [0.29, 0.717) is 0 Å². The van der Waals surface area contributed by atoms with Crippen LogP contribution in [-0.2, 0) is 0 Å². The highest BCUT2D eigenvalue weighted by Crippen LogP contribution is 2.45. The summed E-state index contributed by atoms with van der Waals surface area (Å²) < 4.78 is 12.8. The number of para-hydroxylation sites is 2. The van der Waals surface area contributed by atoms with Crippen molar-refractivity contribution in [1.29, 1.82) is 0 Å². The molecule has 3 nitrogen and oxygen atoms in total. The number of anilines is 3. The standard InChI is InChI=1S/C41H29NO2/c1-3-13-33-35(4-2)43-36-24-25-37-41(40(33)36)39-32-19-12-11-18-31(32)34(26-38(39)44-37)27-20-22-30(23-21-27)42(28-14-7-5-8-15-28)29-16-9-6-10-17-29/h3-26H,2H2,1H3/b13-3-. The fourth-order valence-electron chi connectivity index (χ4n) is 6.47. The second-order valence-electron chi connectivity index (χ2n) is 10.9. The summed E-state index contributed by atoms with van der Waals surface area (Å²) in [7, 11) is 0. The van der Waals surface area contributed by atoms with Crippen LogP contribution in [0.15, 0.2) is 149 Å². The molecule has 0 saturated heterocycles. The van der Waals surface area contributed by atoms with Gasteiger partial charge in [-0.1, -0.05) is 91.5 Å². The van der Waals surface area contributed by atoms with Crippen LogP contribution in [0.2, 0.25) is 0 Å². The number of fused-ring (bicyclic) bond motifs is 7. The summed E-state index contributed by atoms with van der Waals surface area (Å²) in [6.07, 6.45) is 5.91. The molecule has 6 aromatic carbocycles. The maximum absolute atomic E-state index is 6.58. The van der Waals surface area contributed by atoms with Crippen LogP contribution in [0.3, 0.4) is 0 Å². The van der Waals surface area contributed by atoms with Gasteiger partial charge in [-0.3, -0.25) is 0 Å². The Morgan fingerprint density at radius 3 is 1.80 bits per heavy atom. The molecule has 0 atom stereocenters. The van der Waals surface area contributed by atoms with Crippen LogP contribution in [0, 0.1) is 0 Å². The van der Waals surface area contributed by atoms with Gasteiger partial charge in [-0.2, -0.15) is 0 Å². The fourth-order valence-corrected chi connectivity index (χ4v) is 6.47. The third-order valence-corrected chi connectivity index (χ3v) is 8.35. The lowest BCUT2D eigenvalue weighted by Crippen LogP contribution is -2.09. The van der Waals surface area contributed by atoms with Crippen molar-refractivity contribution in [2.75, 3.05) is 4.90 Å². The smallest absolute Gasteiger partial charge is 0.136 e. The molecular formula is C41H29NO2. The third kappa shape index (κ3) is 4.05. The van der Waals surface area contributed by atoms with Crippen LogP contribution in [0.5, 0.6) is 0 Å². The highest BCUT2D eigenvalue weighted by Gasteiger charge is 2.21. The Balaban J connectivity index is 1.33. The number of hydrogen-bond acceptors (Lipinski definition) is 3. The summed E-state index contributed by atoms with van der Waals surface area (Å²) in [5.74, 6) is 0.765. The molecule has 0 N–H and O–H groups in total. The molecule has 0 aliphatic rings. The van der Waals surface area contributed by atoms with Gasteiger partial charge in [0.15, 0.2) is 0 Å². The monoisotopic (exact) mass is 567 g/mol. The predicted molar refractivity (Wildman–Crippen MR) is 186 cm³/mol. The van der Waals surface area contributed by atoms with E-state index >= 15 is 0 Å². The average Bonchev–Trinajstić information content (AvgIpc) is 3.64. The van der Waals surface area contributed by atoms with E-state index in [1.807, 2.05) is 37.3 Å². The van der Waals surface area contributed by atoms with Crippen molar-refractivity contribution < 1.29 is 8.83 Å². The molecule has 0 aliphatic heterocycles. The van der Waals surface area contributed by atoms with Crippen molar-refractivity contribution in [3.63, 3.8) is 0 Å². The molecule has 0 spiro atoms. The number of benzene rings is 6. The Labute approximate surface area is 255 Å². The van der Waals surface area contributed by atoms with E-state index in [9.17, 15) is 0 Å². The third-order valence-electron chi connectivity index (χ3n) is 8.35. The molecule has 0 radical (unpaired) electrons. The first kappa shape index (κ1) is 25.9. The molecule has 0 aliphatic carbocycles. The van der Waals surface area contributed by atoms with E-state index in [2.05, 4.69) is 121 Å². The molecule has 0 fully saturated rings. The molecule has 3 heteroatoms. The normalized spacial score (nSPS) is 11.8. The Morgan fingerprint density at radius 1 is 0.568 bits per heavy atom. The summed E-state index contributed by atoms with van der Waals surface area (Å²) in [5, 5.41) is 5.55. The average molecular weight is 568 g/mol. The lowest BCUT2D eigenvalue weighted by atomic mass is 9.93. The van der Waals surface area contributed by atoms with Gasteiger partial charge >= 0.3 is 0 Å². The largest absolute Gasteiger partial charge is 0.456 e. The Morgan fingerprint density at radius 2 is 1.16 bits per heavy atom. The van der Waals surface area contributed by atoms with E-state index in [4.69, 9.17) is 8.83 Å². The summed E-state index contributed by atoms with van der Waals surface area (Å²) in [4.78, 5) is 2.28. The Bertz CT molecular complexity index is 2300. The summed E-state index contributed by atoms with van der Waals surface area (Å²) in [5.41, 5.74) is 9.13. The minimum Gasteiger partial charge on any atom is -0.456 e. The minimum atomic E-state index is 0.765. The zero-order chi connectivity index (χ0) is 29.6. The lowest BCUT2D eigenvalue weighted by molar-refractivity contribution is 0.603. The van der Waals surface area contributed by atoms with Gasteiger partial charge in [0.05, 0.1) is 0 Å². The van der Waals surface area contributed by atoms with Gasteiger partial charge in [0.2, 0.25) is 0 Å². The molecule has 44 heavy (non-hydrogen) atoms. The molecule has 0 saturated carbocycles. The topological polar surface area (TPSA) is 29.5 Å². The van der Waals surface area contributed by atoms with Crippen LogP contribution < -0.4 is 4.90 Å². The van der Waals surface area contributed by atoms with Gasteiger partial charge in [0.1, 0.15) is 22.5 Å². The van der Waals surface area contributed by atoms with Crippen molar-refractivity contribution in [3.8, 4) is 11.1 Å². The van der Waals surface area contributed by atoms with Crippen LogP contribution >= 0.6 is 0 Å². The van der Waals surface area contributed by atoms with Crippen LogP contribution in [-0.4, -0.2) is 0 Å². The van der Waals surface area contributed by atoms with Crippen molar-refractivity contribution in [3.05, 3.63) is 151 Å². The molecule has 210 valence electrons. The van der Waals surface area contributed by atoms with E-state index in [-0.39, 0.29) is 0 Å². The zero-order valence-electron chi connectivity index (χ0n) is 24.3. The van der Waals surface area contributed by atoms with E-state index in [1.54, 1.807) is 6.08 Å². The molecule has 8 rings (SSSR count). The second kappa shape index (κ2) is 10.5. The van der Waals surface area contributed by atoms with E-state index in [0.717, 1.165) is 77.8 Å². The van der Waals surface area contributed by atoms with Gasteiger partial charge in [-0.15, -0.1) is 0 Å². The van der Waals surface area contributed by atoms with E-state index in [1.165, 1.54) is 5.39 Å². The first-order chi connectivity index (χ1) is 21.7. The summed E-state index contributed by atoms with van der Waals surface area (Å²) in [6.45, 7) is 6.01. The minimum absolute atomic E-state index is 0.765. The van der Waals surface area contributed by atoms with Gasteiger partial charge in [-0.25, -0.2) is 0 Å². The first-order valence-electron chi connectivity index (χ1n) is 14.8. The predicted octanol–water partition coefficient (Wildman–Crippen LogP) is 12.3. The maximum atomic E-state index is 6.58. The number of furan rings is 2. The second-order valence-corrected chi connectivity index (χ2v) is 10.9. The highest BCUT2D eigenvalue weighted by molar-refractivity contribution is 6.29. The Hall–Kier alpha value is -5.80. The van der Waals surface area contributed by atoms with Crippen molar-refractivity contribution in [2.45, 2.75) is 6.92 Å². The first-order valence-corrected chi connectivity index (χ1v) is 14.8. The van der Waals surface area contributed by atoms with Crippen LogP contribution in [0.25, 0.3) is 67.0 Å². The van der Waals surface area contributed by atoms with Crippen molar-refractivity contribution >= 4 is 72.9 Å². The summed E-state index contributed by atoms with van der Waals surface area (Å²) in [6, 6.07) is 44.6. The van der Waals surface area contributed by atoms with Crippen molar-refractivity contribution in [1.82, 2.24) is 0 Å². The molecule has 2 heterocycles. The van der Waals surface area contributed by atoms with Gasteiger partial charge < -0.3 is 13.7 Å². The van der Waals surface area contributed by atoms with Gasteiger partial charge in [0, 0.05) is 38.8 Å². The van der Waals surface area contributed by atoms with E-state index < -0.39 is 0 Å². The number of rotatable bonds is 6. The van der Waals surface area contributed by atoms with Crippen molar-refractivity contribution in [2.24, 2.45) is 0 Å². The number of allylic oxidation sites excluding steroid dienone is 1. The van der Waals surface area contributed by atoms with Gasteiger partial charge in [0.25, 0.3) is 0 Å². The van der Waals surface area contributed by atoms with Crippen LogP contribution in [0.1, 0.15) is 18.2 Å². The Kier molecular flexibility index (Phi) is 6.16. The molecule has 8 aromatic rings. The van der Waals surface area contributed by atoms with Gasteiger partial charge in [-0.05, 0) is 89.5 Å². The maximum Gasteiger partial charge on any atom is 0.136 e. The summed E-state index contributed by atoms with van der Waals surface area (Å²) >= 11 is 0. The highest BCUT2D eigenvalue weighted by atomic mass is 16.3. The molecule has 0 bridgehead atoms. The molecular weight excluding hydrogens is 538 g/mol. The molecule has 0 amide bonds. The van der Waals surface area contributed by atoms with Crippen LogP contribution in [0.4, 0.5) is 17.1 Å². The molecule has 2 aromatic heterocycles. The molecule has 0 unspecified atom stereocenters. The SMILES string of the molecule is C=Cc1oc2ccc3oc4cc(-c5ccc(N(c6ccccc6)c6ccccc6)cc5)c5ccccc5c4c3c2c1/C=C\C. The number of nitrogens with zero attached hydrogens (tertiary/aromatic N) is 1. The lowest BCUT2D eigenvalue weighted by Gasteiger charge is -2.25. The number of hydrogen-bond donors (Lipinski definition) is 0. The quantitative estimate of drug-likeness (QED) is 0.200. The fraction of sp³-hybridized carbons (Fsp3) is 0.0244.